The number of hydrogen-bond acceptors (Lipinski definition) is 1. The van der Waals surface area contributed by atoms with Gasteiger partial charge in [0.1, 0.15) is 5.82 Å². The Morgan fingerprint density at radius 3 is 2.28 bits per heavy atom. The normalized spacial score (nSPS) is 12.6. The molecule has 0 amide bonds. The monoisotopic (exact) mass is 283 g/mol. The lowest BCUT2D eigenvalue weighted by Gasteiger charge is -2.22. The molecule has 0 aliphatic heterocycles. The Kier molecular flexibility index (Phi) is 4.48. The molecule has 0 saturated heterocycles. The van der Waals surface area contributed by atoms with Crippen LogP contribution >= 0.6 is 11.6 Å². The summed E-state index contributed by atoms with van der Waals surface area (Å²) in [4.78, 5) is 0. The van der Waals surface area contributed by atoms with Crippen LogP contribution < -0.4 is 5.32 Å². The van der Waals surface area contributed by atoms with Crippen molar-refractivity contribution in [3.63, 3.8) is 0 Å². The van der Waals surface area contributed by atoms with E-state index in [1.165, 1.54) is 0 Å². The van der Waals surface area contributed by atoms with Crippen molar-refractivity contribution in [2.24, 2.45) is 5.41 Å². The maximum absolute atomic E-state index is 13.5. The summed E-state index contributed by atoms with van der Waals surface area (Å²) in [7, 11) is 0. The van der Waals surface area contributed by atoms with E-state index in [0.29, 0.717) is 18.5 Å². The van der Waals surface area contributed by atoms with Crippen molar-refractivity contribution in [2.45, 2.75) is 20.0 Å². The third kappa shape index (κ3) is 4.05. The van der Waals surface area contributed by atoms with Gasteiger partial charge in [0.05, 0.1) is 11.3 Å². The van der Waals surface area contributed by atoms with Gasteiger partial charge in [0.15, 0.2) is 0 Å². The maximum atomic E-state index is 13.5. The van der Waals surface area contributed by atoms with Crippen LogP contribution in [0.2, 0.25) is 0 Å². The molecule has 0 atom stereocenters. The molecule has 0 radical (unpaired) electrons. The summed E-state index contributed by atoms with van der Waals surface area (Å²) in [5.41, 5.74) is -1.22. The fraction of sp³-hybridized carbons (Fsp3) is 0.500. The second-order valence-electron chi connectivity index (χ2n) is 4.84. The fourth-order valence-electron chi connectivity index (χ4n) is 1.22. The molecule has 1 nitrogen and oxygen atoms in total. The van der Waals surface area contributed by atoms with Crippen LogP contribution in [0.3, 0.4) is 0 Å². The molecule has 1 rings (SSSR count). The SMILES string of the molecule is CC(C)(CCl)CNc1ccc(C(F)(F)F)cc1F. The van der Waals surface area contributed by atoms with Crippen molar-refractivity contribution in [3.05, 3.63) is 29.6 Å². The van der Waals surface area contributed by atoms with Crippen molar-refractivity contribution < 1.29 is 17.6 Å². The summed E-state index contributed by atoms with van der Waals surface area (Å²) in [6.07, 6.45) is -4.53. The first-order valence-corrected chi connectivity index (χ1v) is 5.86. The Morgan fingerprint density at radius 2 is 1.83 bits per heavy atom. The third-order valence-electron chi connectivity index (χ3n) is 2.42. The second kappa shape index (κ2) is 5.34. The summed E-state index contributed by atoms with van der Waals surface area (Å²) < 4.78 is 50.4. The molecule has 18 heavy (non-hydrogen) atoms. The van der Waals surface area contributed by atoms with E-state index in [-0.39, 0.29) is 11.1 Å². The van der Waals surface area contributed by atoms with Gasteiger partial charge in [0, 0.05) is 12.4 Å². The van der Waals surface area contributed by atoms with Crippen molar-refractivity contribution in [3.8, 4) is 0 Å². The zero-order valence-corrected chi connectivity index (χ0v) is 10.8. The lowest BCUT2D eigenvalue weighted by atomic mass is 9.96. The molecule has 6 heteroatoms. The third-order valence-corrected chi connectivity index (χ3v) is 3.14. The van der Waals surface area contributed by atoms with Gasteiger partial charge in [-0.2, -0.15) is 13.2 Å². The van der Waals surface area contributed by atoms with Crippen LogP contribution in [-0.4, -0.2) is 12.4 Å². The molecule has 1 aromatic carbocycles. The molecule has 0 unspecified atom stereocenters. The Hall–Kier alpha value is -0.970. The van der Waals surface area contributed by atoms with Gasteiger partial charge in [-0.05, 0) is 23.6 Å². The van der Waals surface area contributed by atoms with Gasteiger partial charge in [0.25, 0.3) is 0 Å². The van der Waals surface area contributed by atoms with E-state index in [2.05, 4.69) is 5.32 Å². The number of nitrogens with one attached hydrogen (secondary N) is 1. The van der Waals surface area contributed by atoms with Crippen molar-refractivity contribution in [1.29, 1.82) is 0 Å². The minimum atomic E-state index is -4.53. The summed E-state index contributed by atoms with van der Waals surface area (Å²) in [5, 5.41) is 2.76. The highest BCUT2D eigenvalue weighted by molar-refractivity contribution is 6.18. The fourth-order valence-corrected chi connectivity index (χ4v) is 1.31. The van der Waals surface area contributed by atoms with Crippen molar-refractivity contribution in [1.82, 2.24) is 0 Å². The van der Waals surface area contributed by atoms with Gasteiger partial charge in [-0.25, -0.2) is 4.39 Å². The number of hydrogen-bond donors (Lipinski definition) is 1. The first-order chi connectivity index (χ1) is 8.15. The van der Waals surface area contributed by atoms with Gasteiger partial charge < -0.3 is 5.32 Å². The molecule has 0 saturated carbocycles. The average molecular weight is 284 g/mol. The Labute approximate surface area is 108 Å². The minimum Gasteiger partial charge on any atom is -0.382 e. The lowest BCUT2D eigenvalue weighted by molar-refractivity contribution is -0.137. The van der Waals surface area contributed by atoms with Crippen LogP contribution in [0.25, 0.3) is 0 Å². The molecule has 0 aliphatic rings. The summed E-state index contributed by atoms with van der Waals surface area (Å²) in [6, 6.07) is 2.41. The highest BCUT2D eigenvalue weighted by Crippen LogP contribution is 2.31. The zero-order valence-electron chi connectivity index (χ0n) is 10.0. The molecular weight excluding hydrogens is 270 g/mol. The van der Waals surface area contributed by atoms with Gasteiger partial charge in [-0.1, -0.05) is 13.8 Å². The molecule has 0 aliphatic carbocycles. The highest BCUT2D eigenvalue weighted by Gasteiger charge is 2.31. The molecule has 0 spiro atoms. The number of alkyl halides is 4. The number of anilines is 1. The molecule has 0 fully saturated rings. The quantitative estimate of drug-likeness (QED) is 0.633. The van der Waals surface area contributed by atoms with E-state index in [4.69, 9.17) is 11.6 Å². The number of halogens is 5. The lowest BCUT2D eigenvalue weighted by Crippen LogP contribution is -2.25. The molecule has 0 aromatic heterocycles. The highest BCUT2D eigenvalue weighted by atomic mass is 35.5. The van der Waals surface area contributed by atoms with Crippen LogP contribution in [0.1, 0.15) is 19.4 Å². The van der Waals surface area contributed by atoms with Gasteiger partial charge >= 0.3 is 6.18 Å². The van der Waals surface area contributed by atoms with Gasteiger partial charge in [0.2, 0.25) is 0 Å². The van der Waals surface area contributed by atoms with E-state index < -0.39 is 17.6 Å². The molecule has 0 heterocycles. The summed E-state index contributed by atoms with van der Waals surface area (Å²) in [5.74, 6) is -0.558. The average Bonchev–Trinajstić information content (AvgIpc) is 2.26. The van der Waals surface area contributed by atoms with E-state index in [0.717, 1.165) is 12.1 Å². The minimum absolute atomic E-state index is 0.0428. The standard InChI is InChI=1S/C12H14ClF4N/c1-11(2,6-13)7-18-10-4-3-8(5-9(10)14)12(15,16)17/h3-5,18H,6-7H2,1-2H3. The molecule has 1 N–H and O–H groups in total. The Bertz CT molecular complexity index is 415. The van der Waals surface area contributed by atoms with E-state index >= 15 is 0 Å². The predicted molar refractivity (Wildman–Crippen MR) is 64.4 cm³/mol. The molecular formula is C12H14ClF4N. The topological polar surface area (TPSA) is 12.0 Å². The van der Waals surface area contributed by atoms with E-state index in [1.807, 2.05) is 13.8 Å². The molecule has 0 bridgehead atoms. The molecule has 102 valence electrons. The Morgan fingerprint density at radius 1 is 1.22 bits per heavy atom. The number of rotatable bonds is 4. The van der Waals surface area contributed by atoms with Crippen LogP contribution in [0.4, 0.5) is 23.2 Å². The van der Waals surface area contributed by atoms with E-state index in [9.17, 15) is 17.6 Å². The van der Waals surface area contributed by atoms with Gasteiger partial charge in [-0.3, -0.25) is 0 Å². The summed E-state index contributed by atoms with van der Waals surface area (Å²) >= 11 is 5.70. The largest absolute Gasteiger partial charge is 0.416 e. The van der Waals surface area contributed by atoms with E-state index in [1.54, 1.807) is 0 Å². The Balaban J connectivity index is 2.81. The number of benzene rings is 1. The summed E-state index contributed by atoms with van der Waals surface area (Å²) in [6.45, 7) is 4.11. The van der Waals surface area contributed by atoms with Crippen LogP contribution in [0, 0.1) is 11.2 Å². The van der Waals surface area contributed by atoms with Crippen LogP contribution in [0.15, 0.2) is 18.2 Å². The first-order valence-electron chi connectivity index (χ1n) is 5.32. The van der Waals surface area contributed by atoms with Crippen molar-refractivity contribution >= 4 is 17.3 Å². The van der Waals surface area contributed by atoms with Crippen LogP contribution in [0.5, 0.6) is 0 Å². The van der Waals surface area contributed by atoms with Crippen LogP contribution in [-0.2, 0) is 6.18 Å². The maximum Gasteiger partial charge on any atom is 0.416 e. The second-order valence-corrected chi connectivity index (χ2v) is 5.11. The van der Waals surface area contributed by atoms with Gasteiger partial charge in [-0.15, -0.1) is 11.6 Å². The zero-order chi connectivity index (χ0) is 14.0. The smallest absolute Gasteiger partial charge is 0.382 e. The first kappa shape index (κ1) is 15.1. The van der Waals surface area contributed by atoms with Crippen molar-refractivity contribution in [2.75, 3.05) is 17.7 Å². The molecule has 1 aromatic rings. The predicted octanol–water partition coefficient (Wildman–Crippen LogP) is 4.52.